The van der Waals surface area contributed by atoms with Crippen LogP contribution >= 0.6 is 0 Å². The number of nitrogens with one attached hydrogen (secondary N) is 2. The van der Waals surface area contributed by atoms with Crippen LogP contribution in [0.25, 0.3) is 0 Å². The molecule has 130 valence electrons. The number of carbonyl (C=O) groups is 1. The summed E-state index contributed by atoms with van der Waals surface area (Å²) in [5, 5.41) is 6.61. The molecule has 0 bridgehead atoms. The van der Waals surface area contributed by atoms with Gasteiger partial charge in [0.1, 0.15) is 10.9 Å². The Labute approximate surface area is 137 Å². The summed E-state index contributed by atoms with van der Waals surface area (Å²) in [4.78, 5) is 14.6. The van der Waals surface area contributed by atoms with Gasteiger partial charge in [-0.15, -0.1) is 0 Å². The summed E-state index contributed by atoms with van der Waals surface area (Å²) in [6.07, 6.45) is 2.43. The van der Waals surface area contributed by atoms with Gasteiger partial charge in [0.05, 0.1) is 11.4 Å². The Kier molecular flexibility index (Phi) is 5.46. The van der Waals surface area contributed by atoms with Gasteiger partial charge in [-0.3, -0.25) is 9.89 Å². The molecule has 0 saturated carbocycles. The van der Waals surface area contributed by atoms with Gasteiger partial charge in [0.25, 0.3) is 0 Å². The highest BCUT2D eigenvalue weighted by atomic mass is 32.2. The molecule has 7 nitrogen and oxygen atoms in total. The highest BCUT2D eigenvalue weighted by Gasteiger charge is 2.32. The first kappa shape index (κ1) is 17.9. The Morgan fingerprint density at radius 1 is 1.30 bits per heavy atom. The lowest BCUT2D eigenvalue weighted by Crippen LogP contribution is -2.48. The van der Waals surface area contributed by atoms with E-state index in [0.29, 0.717) is 30.9 Å². The molecule has 1 aromatic rings. The molecule has 1 aliphatic rings. The molecule has 23 heavy (non-hydrogen) atoms. The van der Waals surface area contributed by atoms with E-state index >= 15 is 0 Å². The number of H-pyrrole nitrogens is 1. The Bertz CT molecular complexity index is 641. The second-order valence-electron chi connectivity index (χ2n) is 6.60. The maximum atomic E-state index is 12.7. The van der Waals surface area contributed by atoms with Crippen molar-refractivity contribution in [1.29, 1.82) is 0 Å². The molecule has 0 aliphatic carbocycles. The van der Waals surface area contributed by atoms with Gasteiger partial charge in [0.15, 0.2) is 0 Å². The van der Waals surface area contributed by atoms with Crippen molar-refractivity contribution in [1.82, 2.24) is 19.8 Å². The van der Waals surface area contributed by atoms with Crippen LogP contribution < -0.4 is 4.72 Å². The molecule has 1 amide bonds. The van der Waals surface area contributed by atoms with Crippen LogP contribution in [0, 0.1) is 19.8 Å². The van der Waals surface area contributed by atoms with Gasteiger partial charge in [0, 0.05) is 13.1 Å². The zero-order valence-electron chi connectivity index (χ0n) is 14.2. The van der Waals surface area contributed by atoms with Crippen molar-refractivity contribution < 1.29 is 13.2 Å². The van der Waals surface area contributed by atoms with Gasteiger partial charge in [-0.2, -0.15) is 9.82 Å². The zero-order valence-corrected chi connectivity index (χ0v) is 15.0. The molecule has 8 heteroatoms. The standard InChI is InChI=1S/C15H26N4O3S/c1-10(2)9-13(15(20)19-7-5-6-8-19)18-23(21,22)14-11(3)16-17-12(14)4/h10,13,18H,5-9H2,1-4H3,(H,16,17)/t13-/m1/s1. The van der Waals surface area contributed by atoms with Gasteiger partial charge in [-0.1, -0.05) is 13.8 Å². The SMILES string of the molecule is Cc1n[nH]c(C)c1S(=O)(=O)N[C@H](CC(C)C)C(=O)N1CCCC1. The van der Waals surface area contributed by atoms with Crippen molar-refractivity contribution in [2.75, 3.05) is 13.1 Å². The number of rotatable bonds is 6. The normalized spacial score (nSPS) is 17.0. The van der Waals surface area contributed by atoms with Crippen molar-refractivity contribution >= 4 is 15.9 Å². The molecule has 2 rings (SSSR count). The number of sulfonamides is 1. The van der Waals surface area contributed by atoms with E-state index in [1.165, 1.54) is 0 Å². The fourth-order valence-corrected chi connectivity index (χ4v) is 4.58. The Morgan fingerprint density at radius 3 is 2.39 bits per heavy atom. The highest BCUT2D eigenvalue weighted by molar-refractivity contribution is 7.89. The predicted octanol–water partition coefficient (Wildman–Crippen LogP) is 1.34. The maximum Gasteiger partial charge on any atom is 0.244 e. The number of aromatic amines is 1. The molecule has 1 saturated heterocycles. The maximum absolute atomic E-state index is 12.7. The summed E-state index contributed by atoms with van der Waals surface area (Å²) >= 11 is 0. The molecule has 2 heterocycles. The summed E-state index contributed by atoms with van der Waals surface area (Å²) in [6, 6.07) is -0.730. The number of hydrogen-bond acceptors (Lipinski definition) is 4. The van der Waals surface area contributed by atoms with Crippen LogP contribution in [0.5, 0.6) is 0 Å². The number of likely N-dealkylation sites (tertiary alicyclic amines) is 1. The van der Waals surface area contributed by atoms with Gasteiger partial charge in [0.2, 0.25) is 15.9 Å². The Morgan fingerprint density at radius 2 is 1.91 bits per heavy atom. The van der Waals surface area contributed by atoms with E-state index in [-0.39, 0.29) is 16.7 Å². The van der Waals surface area contributed by atoms with Crippen LogP contribution in [-0.2, 0) is 14.8 Å². The number of nitrogens with zero attached hydrogens (tertiary/aromatic N) is 2. The Hall–Kier alpha value is -1.41. The molecule has 1 aromatic heterocycles. The highest BCUT2D eigenvalue weighted by Crippen LogP contribution is 2.20. The summed E-state index contributed by atoms with van der Waals surface area (Å²) in [5.41, 5.74) is 0.888. The van der Waals surface area contributed by atoms with Crippen LogP contribution in [0.15, 0.2) is 4.90 Å². The van der Waals surface area contributed by atoms with Crippen molar-refractivity contribution in [2.45, 2.75) is 57.9 Å². The lowest BCUT2D eigenvalue weighted by Gasteiger charge is -2.25. The van der Waals surface area contributed by atoms with Crippen molar-refractivity contribution in [3.63, 3.8) is 0 Å². The van der Waals surface area contributed by atoms with Gasteiger partial charge >= 0.3 is 0 Å². The van der Waals surface area contributed by atoms with Crippen LogP contribution in [0.1, 0.15) is 44.5 Å². The van der Waals surface area contributed by atoms with Crippen LogP contribution in [0.2, 0.25) is 0 Å². The molecule has 0 radical (unpaired) electrons. The monoisotopic (exact) mass is 342 g/mol. The molecule has 0 aromatic carbocycles. The summed E-state index contributed by atoms with van der Waals surface area (Å²) in [7, 11) is -3.79. The van der Waals surface area contributed by atoms with E-state index < -0.39 is 16.1 Å². The first-order valence-corrected chi connectivity index (χ1v) is 9.53. The van der Waals surface area contributed by atoms with E-state index in [1.807, 2.05) is 13.8 Å². The van der Waals surface area contributed by atoms with Crippen LogP contribution in [0.4, 0.5) is 0 Å². The number of aryl methyl sites for hydroxylation is 2. The minimum Gasteiger partial charge on any atom is -0.341 e. The molecule has 1 aliphatic heterocycles. The van der Waals surface area contributed by atoms with Gasteiger partial charge < -0.3 is 4.90 Å². The summed E-state index contributed by atoms with van der Waals surface area (Å²) in [6.45, 7) is 8.67. The second-order valence-corrected chi connectivity index (χ2v) is 8.25. The molecule has 1 fully saturated rings. The molecule has 0 spiro atoms. The zero-order chi connectivity index (χ0) is 17.2. The lowest BCUT2D eigenvalue weighted by atomic mass is 10.0. The van der Waals surface area contributed by atoms with E-state index in [1.54, 1.807) is 18.7 Å². The van der Waals surface area contributed by atoms with Crippen molar-refractivity contribution in [2.24, 2.45) is 5.92 Å². The fourth-order valence-electron chi connectivity index (χ4n) is 3.01. The number of aromatic nitrogens is 2. The van der Waals surface area contributed by atoms with Crippen LogP contribution in [-0.4, -0.2) is 48.6 Å². The van der Waals surface area contributed by atoms with Crippen molar-refractivity contribution in [3.05, 3.63) is 11.4 Å². The third kappa shape index (κ3) is 4.11. The third-order valence-corrected chi connectivity index (χ3v) is 5.78. The lowest BCUT2D eigenvalue weighted by molar-refractivity contribution is -0.132. The fraction of sp³-hybridized carbons (Fsp3) is 0.733. The molecule has 2 N–H and O–H groups in total. The van der Waals surface area contributed by atoms with Crippen LogP contribution in [0.3, 0.4) is 0 Å². The summed E-state index contributed by atoms with van der Waals surface area (Å²) < 4.78 is 28.0. The number of hydrogen-bond donors (Lipinski definition) is 2. The predicted molar refractivity (Wildman–Crippen MR) is 87.4 cm³/mol. The Balaban J connectivity index is 2.24. The first-order valence-electron chi connectivity index (χ1n) is 8.05. The molecule has 1 atom stereocenters. The quantitative estimate of drug-likeness (QED) is 0.815. The number of carbonyl (C=O) groups excluding carboxylic acids is 1. The summed E-state index contributed by atoms with van der Waals surface area (Å²) in [5.74, 6) is 0.0828. The largest absolute Gasteiger partial charge is 0.341 e. The van der Waals surface area contributed by atoms with E-state index in [4.69, 9.17) is 0 Å². The van der Waals surface area contributed by atoms with E-state index in [0.717, 1.165) is 12.8 Å². The molecular weight excluding hydrogens is 316 g/mol. The third-order valence-electron chi connectivity index (χ3n) is 4.05. The minimum atomic E-state index is -3.79. The minimum absolute atomic E-state index is 0.126. The van der Waals surface area contributed by atoms with Crippen molar-refractivity contribution in [3.8, 4) is 0 Å². The number of amides is 1. The molecule has 0 unspecified atom stereocenters. The first-order chi connectivity index (χ1) is 10.7. The van der Waals surface area contributed by atoms with Gasteiger partial charge in [-0.25, -0.2) is 8.42 Å². The average Bonchev–Trinajstić information content (AvgIpc) is 3.06. The van der Waals surface area contributed by atoms with E-state index in [2.05, 4.69) is 14.9 Å². The average molecular weight is 342 g/mol. The van der Waals surface area contributed by atoms with Gasteiger partial charge in [-0.05, 0) is 39.0 Å². The smallest absolute Gasteiger partial charge is 0.244 e. The topological polar surface area (TPSA) is 95.2 Å². The van der Waals surface area contributed by atoms with E-state index in [9.17, 15) is 13.2 Å². The second kappa shape index (κ2) is 7.00. The molecular formula is C15H26N4O3S.